The lowest BCUT2D eigenvalue weighted by Gasteiger charge is -2.30. The first-order valence-corrected chi connectivity index (χ1v) is 12.5. The van der Waals surface area contributed by atoms with Gasteiger partial charge in [0.25, 0.3) is 17.7 Å². The van der Waals surface area contributed by atoms with Gasteiger partial charge in [0.1, 0.15) is 0 Å². The second-order valence-corrected chi connectivity index (χ2v) is 10.0. The van der Waals surface area contributed by atoms with Crippen LogP contribution in [0.3, 0.4) is 0 Å². The van der Waals surface area contributed by atoms with Gasteiger partial charge in [-0.05, 0) is 98.8 Å². The van der Waals surface area contributed by atoms with Gasteiger partial charge in [0, 0.05) is 17.8 Å². The van der Waals surface area contributed by atoms with E-state index >= 15 is 0 Å². The first kappa shape index (κ1) is 23.9. The van der Waals surface area contributed by atoms with Gasteiger partial charge in [-0.3, -0.25) is 19.3 Å². The highest BCUT2D eigenvalue weighted by molar-refractivity contribution is 6.35. The van der Waals surface area contributed by atoms with E-state index in [1.165, 1.54) is 29.4 Å². The van der Waals surface area contributed by atoms with Crippen LogP contribution in [0.15, 0.2) is 60.7 Å². The summed E-state index contributed by atoms with van der Waals surface area (Å²) in [5.74, 6) is -0.286. The molecule has 0 radical (unpaired) electrons. The molecule has 0 saturated carbocycles. The third kappa shape index (κ3) is 4.56. The lowest BCUT2D eigenvalue weighted by molar-refractivity contribution is 0.0925. The highest BCUT2D eigenvalue weighted by atomic mass is 16.2. The van der Waals surface area contributed by atoms with Crippen molar-refractivity contribution in [1.29, 1.82) is 0 Å². The number of fused-ring (bicyclic) bond motifs is 1. The Morgan fingerprint density at radius 2 is 1.61 bits per heavy atom. The van der Waals surface area contributed by atoms with Gasteiger partial charge in [-0.1, -0.05) is 31.2 Å². The molecular weight excluding hydrogens is 450 g/mol. The van der Waals surface area contributed by atoms with E-state index in [0.717, 1.165) is 36.7 Å². The van der Waals surface area contributed by atoms with E-state index in [9.17, 15) is 14.4 Å². The largest absolute Gasteiger partial charge is 0.322 e. The number of piperidine rings is 1. The third-order valence-electron chi connectivity index (χ3n) is 7.46. The fraction of sp³-hybridized carbons (Fsp3) is 0.300. The number of aryl methyl sites for hydroxylation is 1. The predicted octanol–water partition coefficient (Wildman–Crippen LogP) is 5.59. The molecule has 3 amide bonds. The highest BCUT2D eigenvalue weighted by Gasteiger charge is 2.38. The van der Waals surface area contributed by atoms with Crippen molar-refractivity contribution in [2.24, 2.45) is 5.92 Å². The van der Waals surface area contributed by atoms with Crippen molar-refractivity contribution in [3.8, 4) is 0 Å². The van der Waals surface area contributed by atoms with E-state index in [0.29, 0.717) is 22.5 Å². The quantitative estimate of drug-likeness (QED) is 0.483. The van der Waals surface area contributed by atoms with Gasteiger partial charge < -0.3 is 5.32 Å². The molecule has 3 aromatic rings. The molecule has 3 aromatic carbocycles. The Kier molecular flexibility index (Phi) is 6.46. The molecule has 1 saturated heterocycles. The average Bonchev–Trinajstić information content (AvgIpc) is 3.12. The van der Waals surface area contributed by atoms with Crippen molar-refractivity contribution >= 4 is 29.1 Å². The van der Waals surface area contributed by atoms with Gasteiger partial charge in [0.05, 0.1) is 16.8 Å². The summed E-state index contributed by atoms with van der Waals surface area (Å²) >= 11 is 0. The van der Waals surface area contributed by atoms with Crippen molar-refractivity contribution in [2.75, 3.05) is 23.3 Å². The highest BCUT2D eigenvalue weighted by Crippen LogP contribution is 2.32. The molecule has 6 heteroatoms. The molecule has 1 N–H and O–H groups in total. The van der Waals surface area contributed by atoms with Gasteiger partial charge in [0.15, 0.2) is 0 Å². The summed E-state index contributed by atoms with van der Waals surface area (Å²) in [6.07, 6.45) is 2.48. The van der Waals surface area contributed by atoms with Crippen LogP contribution in [0.5, 0.6) is 0 Å². The lowest BCUT2D eigenvalue weighted by atomic mass is 9.99. The summed E-state index contributed by atoms with van der Waals surface area (Å²) in [4.78, 5) is 42.9. The van der Waals surface area contributed by atoms with E-state index in [2.05, 4.69) is 17.1 Å². The maximum atomic E-state index is 13.2. The van der Waals surface area contributed by atoms with Crippen LogP contribution in [0, 0.1) is 19.8 Å². The zero-order valence-electron chi connectivity index (χ0n) is 21.0. The maximum Gasteiger partial charge on any atom is 0.266 e. The number of amides is 3. The number of hydrogen-bond donors (Lipinski definition) is 1. The Balaban J connectivity index is 1.28. The standard InChI is InChI=1S/C30H31N3O3/c1-19-13-15-32(16-14-19)18-22-7-10-24(11-8-22)31-28(34)23-9-12-25-26(17-23)30(36)33(29(25)35)27-6-4-5-20(2)21(27)3/h4-12,17,19H,13-16,18H2,1-3H3,(H,31,34). The summed E-state index contributed by atoms with van der Waals surface area (Å²) in [7, 11) is 0. The molecule has 0 aliphatic carbocycles. The van der Waals surface area contributed by atoms with Gasteiger partial charge in [-0.2, -0.15) is 0 Å². The SMILES string of the molecule is Cc1cccc(N2C(=O)c3ccc(C(=O)Nc4ccc(CN5CCC(C)CC5)cc4)cc3C2=O)c1C. The van der Waals surface area contributed by atoms with Crippen LogP contribution in [0.25, 0.3) is 0 Å². The van der Waals surface area contributed by atoms with E-state index in [1.807, 2.05) is 50.2 Å². The molecule has 5 rings (SSSR count). The number of anilines is 2. The average molecular weight is 482 g/mol. The molecule has 0 unspecified atom stereocenters. The van der Waals surface area contributed by atoms with Crippen LogP contribution < -0.4 is 10.2 Å². The smallest absolute Gasteiger partial charge is 0.266 e. The molecular formula is C30H31N3O3. The number of rotatable bonds is 5. The fourth-order valence-corrected chi connectivity index (χ4v) is 4.95. The molecule has 0 aromatic heterocycles. The minimum Gasteiger partial charge on any atom is -0.322 e. The summed E-state index contributed by atoms with van der Waals surface area (Å²) < 4.78 is 0. The summed E-state index contributed by atoms with van der Waals surface area (Å²) in [5.41, 5.74) is 5.26. The van der Waals surface area contributed by atoms with Gasteiger partial charge in [-0.25, -0.2) is 4.90 Å². The summed E-state index contributed by atoms with van der Waals surface area (Å²) in [5, 5.41) is 2.91. The van der Waals surface area contributed by atoms with Crippen LogP contribution in [0.1, 0.15) is 67.5 Å². The number of hydrogen-bond acceptors (Lipinski definition) is 4. The number of carbonyl (C=O) groups excluding carboxylic acids is 3. The van der Waals surface area contributed by atoms with E-state index < -0.39 is 5.91 Å². The number of likely N-dealkylation sites (tertiary alicyclic amines) is 1. The molecule has 2 aliphatic heterocycles. The maximum absolute atomic E-state index is 13.2. The minimum atomic E-state index is -0.408. The zero-order chi connectivity index (χ0) is 25.4. The number of imide groups is 1. The van der Waals surface area contributed by atoms with E-state index in [4.69, 9.17) is 0 Å². The van der Waals surface area contributed by atoms with E-state index in [1.54, 1.807) is 18.2 Å². The van der Waals surface area contributed by atoms with Crippen molar-refractivity contribution in [1.82, 2.24) is 4.90 Å². The Morgan fingerprint density at radius 1 is 0.917 bits per heavy atom. The molecule has 0 spiro atoms. The first-order valence-electron chi connectivity index (χ1n) is 12.5. The molecule has 2 aliphatic rings. The molecule has 184 valence electrons. The van der Waals surface area contributed by atoms with Crippen LogP contribution in [0.2, 0.25) is 0 Å². The molecule has 0 atom stereocenters. The van der Waals surface area contributed by atoms with Gasteiger partial charge in [0.2, 0.25) is 0 Å². The number of carbonyl (C=O) groups is 3. The topological polar surface area (TPSA) is 69.7 Å². The number of nitrogens with zero attached hydrogens (tertiary/aromatic N) is 2. The molecule has 1 fully saturated rings. The molecule has 2 heterocycles. The zero-order valence-corrected chi connectivity index (χ0v) is 21.0. The Hall–Kier alpha value is -3.77. The molecule has 0 bridgehead atoms. The summed E-state index contributed by atoms with van der Waals surface area (Å²) in [6, 6.07) is 18.1. The second-order valence-electron chi connectivity index (χ2n) is 10.0. The van der Waals surface area contributed by atoms with Crippen molar-refractivity contribution < 1.29 is 14.4 Å². The predicted molar refractivity (Wildman–Crippen MR) is 142 cm³/mol. The molecule has 36 heavy (non-hydrogen) atoms. The Bertz CT molecular complexity index is 1340. The lowest BCUT2D eigenvalue weighted by Crippen LogP contribution is -2.32. The van der Waals surface area contributed by atoms with Crippen LogP contribution in [0.4, 0.5) is 11.4 Å². The van der Waals surface area contributed by atoms with Gasteiger partial charge >= 0.3 is 0 Å². The third-order valence-corrected chi connectivity index (χ3v) is 7.46. The van der Waals surface area contributed by atoms with Crippen molar-refractivity contribution in [3.05, 3.63) is 94.0 Å². The first-order chi connectivity index (χ1) is 17.3. The normalized spacial score (nSPS) is 16.4. The van der Waals surface area contributed by atoms with Gasteiger partial charge in [-0.15, -0.1) is 0 Å². The minimum absolute atomic E-state index is 0.250. The van der Waals surface area contributed by atoms with Crippen LogP contribution in [-0.4, -0.2) is 35.7 Å². The number of benzene rings is 3. The Labute approximate surface area is 211 Å². The monoisotopic (exact) mass is 481 g/mol. The van der Waals surface area contributed by atoms with Crippen LogP contribution >= 0.6 is 0 Å². The summed E-state index contributed by atoms with van der Waals surface area (Å²) in [6.45, 7) is 9.31. The van der Waals surface area contributed by atoms with Crippen molar-refractivity contribution in [2.45, 2.75) is 40.2 Å². The van der Waals surface area contributed by atoms with Crippen molar-refractivity contribution in [3.63, 3.8) is 0 Å². The Morgan fingerprint density at radius 3 is 2.33 bits per heavy atom. The fourth-order valence-electron chi connectivity index (χ4n) is 4.95. The second kappa shape index (κ2) is 9.70. The molecule has 6 nitrogen and oxygen atoms in total. The van der Waals surface area contributed by atoms with Crippen LogP contribution in [-0.2, 0) is 6.54 Å². The van der Waals surface area contributed by atoms with E-state index in [-0.39, 0.29) is 17.4 Å². The number of nitrogens with one attached hydrogen (secondary N) is 1.